The lowest BCUT2D eigenvalue weighted by Gasteiger charge is -2.25. The van der Waals surface area contributed by atoms with E-state index in [2.05, 4.69) is 10.6 Å². The van der Waals surface area contributed by atoms with Gasteiger partial charge in [0.25, 0.3) is 0 Å². The Morgan fingerprint density at radius 1 is 1.42 bits per heavy atom. The molecule has 0 saturated heterocycles. The largest absolute Gasteiger partial charge is 0.352 e. The summed E-state index contributed by atoms with van der Waals surface area (Å²) in [5.74, 6) is -0.983. The fourth-order valence-corrected chi connectivity index (χ4v) is 2.72. The van der Waals surface area contributed by atoms with Gasteiger partial charge in [-0.1, -0.05) is 0 Å². The van der Waals surface area contributed by atoms with Crippen LogP contribution in [0, 0.1) is 4.91 Å². The van der Waals surface area contributed by atoms with Crippen LogP contribution in [0.2, 0.25) is 0 Å². The topological polar surface area (TPSA) is 97.3 Å². The van der Waals surface area contributed by atoms with E-state index in [9.17, 15) is 18.7 Å². The molecule has 0 heterocycles. The van der Waals surface area contributed by atoms with Crippen molar-refractivity contribution < 1.29 is 22.8 Å². The minimum absolute atomic E-state index is 0.137. The van der Waals surface area contributed by atoms with E-state index in [1.54, 1.807) is 13.8 Å². The van der Waals surface area contributed by atoms with E-state index in [1.807, 2.05) is 0 Å². The molecule has 0 aromatic heterocycles. The summed E-state index contributed by atoms with van der Waals surface area (Å²) in [7, 11) is -3.53. The van der Waals surface area contributed by atoms with Crippen LogP contribution in [0.4, 0.5) is 9.18 Å². The molecule has 0 spiro atoms. The van der Waals surface area contributed by atoms with Gasteiger partial charge < -0.3 is 14.4 Å². The second-order valence-electron chi connectivity index (χ2n) is 3.39. The third-order valence-corrected chi connectivity index (χ3v) is 4.37. The van der Waals surface area contributed by atoms with E-state index in [0.29, 0.717) is 5.01 Å². The monoisotopic (exact) mass is 299 g/mol. The number of urea groups is 1. The Kier molecular flexibility index (Phi) is 8.46. The molecular formula is C9H19FN3O5P. The van der Waals surface area contributed by atoms with Crippen LogP contribution in [0.25, 0.3) is 0 Å². The minimum Gasteiger partial charge on any atom is -0.322 e. The van der Waals surface area contributed by atoms with Gasteiger partial charge in [0.05, 0.1) is 25.0 Å². The number of carbonyl (C=O) groups excluding carboxylic acids is 1. The van der Waals surface area contributed by atoms with Gasteiger partial charge in [0.2, 0.25) is 0 Å². The van der Waals surface area contributed by atoms with Gasteiger partial charge in [-0.25, -0.2) is 9.18 Å². The maximum absolute atomic E-state index is 12.3. The van der Waals surface area contributed by atoms with Crippen LogP contribution in [-0.2, 0) is 13.6 Å². The Labute approximate surface area is 111 Å². The number of hydrogen-bond acceptors (Lipinski definition) is 6. The first-order chi connectivity index (χ1) is 8.95. The SMILES string of the molecule is CCOP(=O)(OCC)C(C)NC(=O)N(CCF)N=O. The van der Waals surface area contributed by atoms with Crippen LogP contribution < -0.4 is 5.32 Å². The average Bonchev–Trinajstić information content (AvgIpc) is 2.36. The summed E-state index contributed by atoms with van der Waals surface area (Å²) in [4.78, 5) is 21.9. The number of alkyl halides is 1. The Morgan fingerprint density at radius 3 is 2.32 bits per heavy atom. The molecule has 19 heavy (non-hydrogen) atoms. The number of hydrogen-bond donors (Lipinski definition) is 1. The predicted octanol–water partition coefficient (Wildman–Crippen LogP) is 2.26. The van der Waals surface area contributed by atoms with Gasteiger partial charge in [0.1, 0.15) is 12.5 Å². The van der Waals surface area contributed by atoms with Gasteiger partial charge in [-0.2, -0.15) is 5.01 Å². The molecule has 0 aliphatic heterocycles. The zero-order chi connectivity index (χ0) is 14.9. The van der Waals surface area contributed by atoms with E-state index < -0.39 is 32.6 Å². The van der Waals surface area contributed by atoms with Crippen molar-refractivity contribution in [1.29, 1.82) is 0 Å². The van der Waals surface area contributed by atoms with E-state index in [4.69, 9.17) is 9.05 Å². The number of nitrogens with zero attached hydrogens (tertiary/aromatic N) is 2. The molecule has 0 saturated carbocycles. The van der Waals surface area contributed by atoms with Crippen LogP contribution in [0.1, 0.15) is 20.8 Å². The lowest BCUT2D eigenvalue weighted by molar-refractivity contribution is 0.184. The molecule has 0 rings (SSSR count). The first-order valence-corrected chi connectivity index (χ1v) is 7.42. The molecule has 0 aromatic carbocycles. The highest BCUT2D eigenvalue weighted by Gasteiger charge is 2.34. The maximum atomic E-state index is 12.3. The van der Waals surface area contributed by atoms with Crippen LogP contribution in [0.3, 0.4) is 0 Å². The van der Waals surface area contributed by atoms with E-state index in [-0.39, 0.29) is 13.2 Å². The van der Waals surface area contributed by atoms with Gasteiger partial charge in [-0.3, -0.25) is 4.57 Å². The minimum atomic E-state index is -3.53. The second-order valence-corrected chi connectivity index (χ2v) is 5.77. The Bertz CT molecular complexity index is 334. The highest BCUT2D eigenvalue weighted by molar-refractivity contribution is 7.54. The summed E-state index contributed by atoms with van der Waals surface area (Å²) in [5.41, 5.74) is 0. The zero-order valence-electron chi connectivity index (χ0n) is 11.2. The third kappa shape index (κ3) is 5.63. The number of nitroso groups, excluding NO2 is 1. The predicted molar refractivity (Wildman–Crippen MR) is 67.3 cm³/mol. The first-order valence-electron chi connectivity index (χ1n) is 5.81. The van der Waals surface area contributed by atoms with Gasteiger partial charge in [0, 0.05) is 0 Å². The number of rotatable bonds is 9. The van der Waals surface area contributed by atoms with E-state index in [1.165, 1.54) is 6.92 Å². The van der Waals surface area contributed by atoms with Gasteiger partial charge in [-0.05, 0) is 20.8 Å². The van der Waals surface area contributed by atoms with Crippen molar-refractivity contribution in [2.75, 3.05) is 26.4 Å². The summed E-state index contributed by atoms with van der Waals surface area (Å²) in [6.07, 6.45) is 0. The van der Waals surface area contributed by atoms with Crippen LogP contribution in [0.15, 0.2) is 5.29 Å². The van der Waals surface area contributed by atoms with Crippen molar-refractivity contribution in [3.05, 3.63) is 4.91 Å². The molecule has 0 fully saturated rings. The Morgan fingerprint density at radius 2 is 1.95 bits per heavy atom. The van der Waals surface area contributed by atoms with Crippen LogP contribution >= 0.6 is 7.60 Å². The van der Waals surface area contributed by atoms with E-state index >= 15 is 0 Å². The van der Waals surface area contributed by atoms with Crippen molar-refractivity contribution >= 4 is 13.6 Å². The van der Waals surface area contributed by atoms with Crippen molar-refractivity contribution in [3.8, 4) is 0 Å². The summed E-state index contributed by atoms with van der Waals surface area (Å²) in [5, 5.41) is 4.96. The quantitative estimate of drug-likeness (QED) is 0.400. The molecule has 8 nitrogen and oxygen atoms in total. The average molecular weight is 299 g/mol. The molecule has 112 valence electrons. The summed E-state index contributed by atoms with van der Waals surface area (Å²) in [6, 6.07) is -0.959. The normalized spacial score (nSPS) is 12.8. The smallest absolute Gasteiger partial charge is 0.322 e. The molecule has 1 atom stereocenters. The van der Waals surface area contributed by atoms with Crippen molar-refractivity contribution in [3.63, 3.8) is 0 Å². The lowest BCUT2D eigenvalue weighted by atomic mass is 10.6. The van der Waals surface area contributed by atoms with Crippen LogP contribution in [0.5, 0.6) is 0 Å². The van der Waals surface area contributed by atoms with E-state index in [0.717, 1.165) is 0 Å². The first kappa shape index (κ1) is 17.9. The molecule has 0 aliphatic carbocycles. The Hall–Kier alpha value is -1.05. The van der Waals surface area contributed by atoms with Crippen LogP contribution in [-0.4, -0.2) is 43.3 Å². The fourth-order valence-electron chi connectivity index (χ4n) is 1.21. The van der Waals surface area contributed by atoms with Gasteiger partial charge in [-0.15, -0.1) is 4.91 Å². The van der Waals surface area contributed by atoms with Crippen molar-refractivity contribution in [1.82, 2.24) is 10.3 Å². The van der Waals surface area contributed by atoms with Crippen molar-refractivity contribution in [2.24, 2.45) is 5.29 Å². The highest BCUT2D eigenvalue weighted by atomic mass is 31.2. The zero-order valence-corrected chi connectivity index (χ0v) is 12.1. The third-order valence-electron chi connectivity index (χ3n) is 2.05. The highest BCUT2D eigenvalue weighted by Crippen LogP contribution is 2.51. The molecule has 0 aliphatic rings. The summed E-state index contributed by atoms with van der Waals surface area (Å²) >= 11 is 0. The molecule has 0 bridgehead atoms. The fraction of sp³-hybridized carbons (Fsp3) is 0.889. The standard InChI is InChI=1S/C9H19FN3O5P/c1-4-17-19(16,18-5-2)8(3)11-9(14)13(12-15)7-6-10/h8H,4-7H2,1-3H3,(H,11,14). The molecule has 0 radical (unpaired) electrons. The number of carbonyl (C=O) groups is 1. The second kappa shape index (κ2) is 8.95. The summed E-state index contributed by atoms with van der Waals surface area (Å²) < 4.78 is 34.4. The van der Waals surface area contributed by atoms with Gasteiger partial charge in [0.15, 0.2) is 0 Å². The number of nitrogens with one attached hydrogen (secondary N) is 1. The van der Waals surface area contributed by atoms with Gasteiger partial charge >= 0.3 is 13.6 Å². The Balaban J connectivity index is 4.71. The number of halogens is 1. The molecule has 0 aromatic rings. The molecule has 2 amide bonds. The lowest BCUT2D eigenvalue weighted by Crippen LogP contribution is -2.42. The molecule has 10 heteroatoms. The summed E-state index contributed by atoms with van der Waals surface area (Å²) in [6.45, 7) is 3.54. The number of amides is 2. The molecular weight excluding hydrogens is 280 g/mol. The maximum Gasteiger partial charge on any atom is 0.352 e. The molecule has 1 unspecified atom stereocenters. The molecule has 1 N–H and O–H groups in total. The van der Waals surface area contributed by atoms with Crippen molar-refractivity contribution in [2.45, 2.75) is 26.6 Å².